The van der Waals surface area contributed by atoms with Crippen molar-refractivity contribution in [3.05, 3.63) is 51.0 Å². The van der Waals surface area contributed by atoms with Crippen molar-refractivity contribution >= 4 is 46.4 Å². The zero-order valence-electron chi connectivity index (χ0n) is 15.6. The number of nitrogens with one attached hydrogen (secondary N) is 1. The lowest BCUT2D eigenvalue weighted by Gasteiger charge is -2.34. The maximum Gasteiger partial charge on any atom is 0.238 e. The van der Waals surface area contributed by atoms with E-state index >= 15 is 0 Å². The van der Waals surface area contributed by atoms with E-state index in [0.717, 1.165) is 44.2 Å². The number of carbonyl (C=O) groups excluding carboxylic acids is 1. The van der Waals surface area contributed by atoms with Gasteiger partial charge in [0.15, 0.2) is 11.5 Å². The number of ether oxygens (including phenoxy) is 2. The lowest BCUT2D eigenvalue weighted by atomic mass is 10.1. The molecule has 0 radical (unpaired) electrons. The van der Waals surface area contributed by atoms with Gasteiger partial charge in [-0.3, -0.25) is 14.6 Å². The molecule has 6 nitrogen and oxygen atoms in total. The second-order valence-corrected chi connectivity index (χ2v) is 8.26. The molecule has 2 aromatic rings. The van der Waals surface area contributed by atoms with Crippen LogP contribution in [-0.2, 0) is 11.3 Å². The fourth-order valence-electron chi connectivity index (χ4n) is 3.41. The number of anilines is 1. The minimum Gasteiger partial charge on any atom is -0.454 e. The molecule has 0 unspecified atom stereocenters. The van der Waals surface area contributed by atoms with Gasteiger partial charge in [0.2, 0.25) is 12.7 Å². The monoisotopic (exact) mass is 455 g/mol. The van der Waals surface area contributed by atoms with Gasteiger partial charge in [-0.05, 0) is 29.8 Å². The third kappa shape index (κ3) is 5.08. The molecule has 1 saturated heterocycles. The number of hydrogen-bond donors (Lipinski definition) is 1. The molecule has 0 aromatic heterocycles. The van der Waals surface area contributed by atoms with Gasteiger partial charge in [-0.2, -0.15) is 0 Å². The van der Waals surface area contributed by atoms with E-state index in [1.54, 1.807) is 6.07 Å². The third-order valence-electron chi connectivity index (χ3n) is 4.96. The van der Waals surface area contributed by atoms with Crippen molar-refractivity contribution in [3.63, 3.8) is 0 Å². The van der Waals surface area contributed by atoms with Gasteiger partial charge >= 0.3 is 0 Å². The number of hydrogen-bond acceptors (Lipinski definition) is 5. The summed E-state index contributed by atoms with van der Waals surface area (Å²) >= 11 is 18.0. The number of rotatable bonds is 5. The molecular weight excluding hydrogens is 437 g/mol. The Morgan fingerprint density at radius 1 is 0.897 bits per heavy atom. The van der Waals surface area contributed by atoms with Crippen LogP contribution in [0.25, 0.3) is 0 Å². The van der Waals surface area contributed by atoms with Crippen molar-refractivity contribution in [2.45, 2.75) is 6.54 Å². The van der Waals surface area contributed by atoms with Gasteiger partial charge in [0.1, 0.15) is 0 Å². The zero-order valence-corrected chi connectivity index (χ0v) is 17.9. The molecule has 0 aliphatic carbocycles. The zero-order chi connectivity index (χ0) is 20.4. The quantitative estimate of drug-likeness (QED) is 0.686. The summed E-state index contributed by atoms with van der Waals surface area (Å²) < 4.78 is 10.8. The molecule has 4 rings (SSSR count). The van der Waals surface area contributed by atoms with Crippen LogP contribution < -0.4 is 14.8 Å². The first-order valence-electron chi connectivity index (χ1n) is 9.25. The summed E-state index contributed by atoms with van der Waals surface area (Å²) in [5.41, 5.74) is 1.65. The molecule has 2 aliphatic rings. The molecule has 1 fully saturated rings. The van der Waals surface area contributed by atoms with Gasteiger partial charge in [-0.1, -0.05) is 40.9 Å². The predicted octanol–water partition coefficient (Wildman–Crippen LogP) is 4.13. The summed E-state index contributed by atoms with van der Waals surface area (Å²) in [6.45, 7) is 4.82. The van der Waals surface area contributed by atoms with Gasteiger partial charge in [0.05, 0.1) is 27.3 Å². The van der Waals surface area contributed by atoms with E-state index in [1.807, 2.05) is 12.1 Å². The van der Waals surface area contributed by atoms with E-state index < -0.39 is 0 Å². The van der Waals surface area contributed by atoms with E-state index in [2.05, 4.69) is 21.2 Å². The highest BCUT2D eigenvalue weighted by molar-refractivity contribution is 6.44. The Morgan fingerprint density at radius 2 is 1.59 bits per heavy atom. The van der Waals surface area contributed by atoms with Gasteiger partial charge < -0.3 is 14.8 Å². The van der Waals surface area contributed by atoms with Crippen molar-refractivity contribution in [3.8, 4) is 11.5 Å². The van der Waals surface area contributed by atoms with Crippen molar-refractivity contribution in [1.29, 1.82) is 0 Å². The number of halogens is 3. The maximum absolute atomic E-state index is 12.4. The standard InChI is InChI=1S/C20H20Cl3N3O3/c21-14-8-16(23)17(9-15(14)22)24-20(27)11-26-5-3-25(4-6-26)10-13-1-2-18-19(7-13)29-12-28-18/h1-2,7-9H,3-6,10-12H2,(H,24,27). The molecule has 0 bridgehead atoms. The molecule has 0 saturated carbocycles. The molecule has 2 aliphatic heterocycles. The van der Waals surface area contributed by atoms with Gasteiger partial charge in [0, 0.05) is 32.7 Å². The molecule has 1 N–H and O–H groups in total. The normalized spacial score (nSPS) is 16.8. The molecule has 0 spiro atoms. The van der Waals surface area contributed by atoms with Crippen LogP contribution in [0, 0.1) is 0 Å². The summed E-state index contributed by atoms with van der Waals surface area (Å²) in [4.78, 5) is 16.9. The minimum atomic E-state index is -0.130. The average molecular weight is 457 g/mol. The SMILES string of the molecule is O=C(CN1CCN(Cc2ccc3c(c2)OCO3)CC1)Nc1cc(Cl)c(Cl)cc1Cl. The van der Waals surface area contributed by atoms with Crippen LogP contribution in [0.15, 0.2) is 30.3 Å². The molecule has 0 atom stereocenters. The van der Waals surface area contributed by atoms with Crippen LogP contribution in [0.2, 0.25) is 15.1 Å². The highest BCUT2D eigenvalue weighted by atomic mass is 35.5. The molecule has 29 heavy (non-hydrogen) atoms. The molecule has 1 amide bonds. The van der Waals surface area contributed by atoms with E-state index in [9.17, 15) is 4.79 Å². The van der Waals surface area contributed by atoms with Crippen molar-refractivity contribution in [2.24, 2.45) is 0 Å². The molecule has 154 valence electrons. The first-order chi connectivity index (χ1) is 14.0. The number of nitrogens with zero attached hydrogens (tertiary/aromatic N) is 2. The summed E-state index contributed by atoms with van der Waals surface area (Å²) in [7, 11) is 0. The predicted molar refractivity (Wildman–Crippen MR) is 114 cm³/mol. The van der Waals surface area contributed by atoms with E-state index in [4.69, 9.17) is 44.3 Å². The number of amides is 1. The van der Waals surface area contributed by atoms with Crippen molar-refractivity contribution in [2.75, 3.05) is 44.8 Å². The number of carbonyl (C=O) groups is 1. The number of piperazine rings is 1. The van der Waals surface area contributed by atoms with Crippen molar-refractivity contribution in [1.82, 2.24) is 9.80 Å². The maximum atomic E-state index is 12.4. The lowest BCUT2D eigenvalue weighted by Crippen LogP contribution is -2.48. The summed E-state index contributed by atoms with van der Waals surface area (Å²) in [5, 5.41) is 3.87. The summed E-state index contributed by atoms with van der Waals surface area (Å²) in [6.07, 6.45) is 0. The largest absolute Gasteiger partial charge is 0.454 e. The van der Waals surface area contributed by atoms with Crippen LogP contribution in [0.4, 0.5) is 5.69 Å². The Labute approximate surface area is 184 Å². The van der Waals surface area contributed by atoms with Crippen LogP contribution in [0.5, 0.6) is 11.5 Å². The fraction of sp³-hybridized carbons (Fsp3) is 0.350. The Balaban J connectivity index is 1.25. The summed E-state index contributed by atoms with van der Waals surface area (Å²) in [5.74, 6) is 1.47. The molecule has 2 heterocycles. The number of benzene rings is 2. The second-order valence-electron chi connectivity index (χ2n) is 7.03. The molecular formula is C20H20Cl3N3O3. The first-order valence-corrected chi connectivity index (χ1v) is 10.4. The van der Waals surface area contributed by atoms with Gasteiger partial charge in [0.25, 0.3) is 0 Å². The van der Waals surface area contributed by atoms with Crippen LogP contribution >= 0.6 is 34.8 Å². The summed E-state index contributed by atoms with van der Waals surface area (Å²) in [6, 6.07) is 9.13. The van der Waals surface area contributed by atoms with Crippen molar-refractivity contribution < 1.29 is 14.3 Å². The van der Waals surface area contributed by atoms with Crippen LogP contribution in [0.1, 0.15) is 5.56 Å². The molecule has 9 heteroatoms. The Bertz CT molecular complexity index is 917. The molecule has 2 aromatic carbocycles. The highest BCUT2D eigenvalue weighted by Crippen LogP contribution is 2.33. The topological polar surface area (TPSA) is 54.0 Å². The van der Waals surface area contributed by atoms with E-state index in [0.29, 0.717) is 27.3 Å². The fourth-order valence-corrected chi connectivity index (χ4v) is 4.01. The lowest BCUT2D eigenvalue weighted by molar-refractivity contribution is -0.117. The highest BCUT2D eigenvalue weighted by Gasteiger charge is 2.21. The van der Waals surface area contributed by atoms with Gasteiger partial charge in [-0.25, -0.2) is 0 Å². The van der Waals surface area contributed by atoms with Crippen LogP contribution in [-0.4, -0.2) is 55.2 Å². The average Bonchev–Trinajstić information content (AvgIpc) is 3.15. The number of fused-ring (bicyclic) bond motifs is 1. The van der Waals surface area contributed by atoms with Gasteiger partial charge in [-0.15, -0.1) is 0 Å². The van der Waals surface area contributed by atoms with Crippen LogP contribution in [0.3, 0.4) is 0 Å². The van der Waals surface area contributed by atoms with E-state index in [-0.39, 0.29) is 12.7 Å². The Morgan fingerprint density at radius 3 is 2.38 bits per heavy atom. The first kappa shape index (κ1) is 20.6. The minimum absolute atomic E-state index is 0.130. The Kier molecular flexibility index (Phi) is 6.37. The third-order valence-corrected chi connectivity index (χ3v) is 5.99. The van der Waals surface area contributed by atoms with E-state index in [1.165, 1.54) is 11.6 Å². The smallest absolute Gasteiger partial charge is 0.238 e. The Hall–Kier alpha value is -1.70. The second kappa shape index (κ2) is 8.98.